The van der Waals surface area contributed by atoms with E-state index in [1.165, 1.54) is 6.26 Å². The number of benzene rings is 3. The summed E-state index contributed by atoms with van der Waals surface area (Å²) in [6, 6.07) is 26.2. The summed E-state index contributed by atoms with van der Waals surface area (Å²) in [5.74, 6) is 2.08. The fraction of sp³-hybridized carbons (Fsp3) is 0.138. The number of aromatic nitrogens is 3. The van der Waals surface area contributed by atoms with Gasteiger partial charge in [-0.3, -0.25) is 4.79 Å². The third kappa shape index (κ3) is 5.67. The van der Waals surface area contributed by atoms with E-state index < -0.39 is 0 Å². The summed E-state index contributed by atoms with van der Waals surface area (Å²) in [6.07, 6.45) is 2.15. The molecule has 2 heterocycles. The van der Waals surface area contributed by atoms with Crippen molar-refractivity contribution in [2.75, 3.05) is 26.1 Å². The molecule has 2 aromatic heterocycles. The topological polar surface area (TPSA) is 101 Å². The monoisotopic (exact) mass is 510 g/mol. The normalized spacial score (nSPS) is 10.7. The number of rotatable bonds is 10. The van der Waals surface area contributed by atoms with Crippen LogP contribution in [0.5, 0.6) is 17.5 Å². The molecule has 0 unspecified atom stereocenters. The molecule has 1 N–H and O–H groups in total. The molecule has 0 bridgehead atoms. The molecule has 0 saturated heterocycles. The molecule has 1 amide bonds. The molecule has 0 aliphatic carbocycles. The maximum absolute atomic E-state index is 12.3. The number of hydrogen-bond acceptors (Lipinski definition) is 7. The van der Waals surface area contributed by atoms with Crippen LogP contribution in [0.25, 0.3) is 17.1 Å². The Hall–Kier alpha value is -5.05. The Bertz CT molecular complexity index is 1480. The number of hydrogen-bond donors (Lipinski definition) is 1. The van der Waals surface area contributed by atoms with Gasteiger partial charge in [0.15, 0.2) is 11.6 Å². The first-order chi connectivity index (χ1) is 18.6. The van der Waals surface area contributed by atoms with Gasteiger partial charge in [0, 0.05) is 17.7 Å². The second kappa shape index (κ2) is 11.3. The van der Waals surface area contributed by atoms with Crippen LogP contribution in [0.2, 0.25) is 0 Å². The highest BCUT2D eigenvalue weighted by atomic mass is 16.5. The average molecular weight is 511 g/mol. The molecule has 0 aliphatic rings. The predicted octanol–water partition coefficient (Wildman–Crippen LogP) is 5.42. The average Bonchev–Trinajstić information content (AvgIpc) is 3.65. The van der Waals surface area contributed by atoms with Crippen molar-refractivity contribution in [3.05, 3.63) is 103 Å². The van der Waals surface area contributed by atoms with E-state index in [0.717, 1.165) is 28.3 Å². The number of methoxy groups -OCH3 is 2. The zero-order valence-corrected chi connectivity index (χ0v) is 21.0. The van der Waals surface area contributed by atoms with Gasteiger partial charge in [0.05, 0.1) is 32.8 Å². The van der Waals surface area contributed by atoms with Crippen molar-refractivity contribution in [2.45, 2.75) is 6.42 Å². The maximum Gasteiger partial charge on any atom is 0.336 e. The summed E-state index contributed by atoms with van der Waals surface area (Å²) in [5.41, 5.74) is 3.34. The van der Waals surface area contributed by atoms with Crippen molar-refractivity contribution in [1.29, 1.82) is 0 Å². The van der Waals surface area contributed by atoms with Crippen LogP contribution in [0.3, 0.4) is 0 Å². The van der Waals surface area contributed by atoms with Gasteiger partial charge in [-0.15, -0.1) is 5.10 Å². The van der Waals surface area contributed by atoms with Crippen LogP contribution in [0.15, 0.2) is 95.6 Å². The van der Waals surface area contributed by atoms with Crippen LogP contribution in [0.4, 0.5) is 5.69 Å². The van der Waals surface area contributed by atoms with Crippen molar-refractivity contribution in [2.24, 2.45) is 0 Å². The third-order valence-corrected chi connectivity index (χ3v) is 5.83. The quantitative estimate of drug-likeness (QED) is 0.268. The van der Waals surface area contributed by atoms with Gasteiger partial charge in [0.1, 0.15) is 11.5 Å². The van der Waals surface area contributed by atoms with Gasteiger partial charge in [-0.2, -0.15) is 4.98 Å². The molecule has 5 rings (SSSR count). The number of ether oxygens (including phenoxy) is 3. The van der Waals surface area contributed by atoms with E-state index in [1.807, 2.05) is 60.7 Å². The van der Waals surface area contributed by atoms with Crippen LogP contribution >= 0.6 is 0 Å². The van der Waals surface area contributed by atoms with E-state index in [0.29, 0.717) is 24.5 Å². The van der Waals surface area contributed by atoms with Crippen molar-refractivity contribution < 1.29 is 23.4 Å². The Morgan fingerprint density at radius 2 is 1.58 bits per heavy atom. The lowest BCUT2D eigenvalue weighted by atomic mass is 10.1. The number of amides is 1. The zero-order valence-electron chi connectivity index (χ0n) is 21.0. The van der Waals surface area contributed by atoms with E-state index in [1.54, 1.807) is 43.2 Å². The Morgan fingerprint density at radius 3 is 2.21 bits per heavy atom. The summed E-state index contributed by atoms with van der Waals surface area (Å²) in [5, 5.41) is 7.43. The van der Waals surface area contributed by atoms with Gasteiger partial charge < -0.3 is 23.9 Å². The highest BCUT2D eigenvalue weighted by Gasteiger charge is 2.16. The molecular formula is C29H26N4O5. The minimum Gasteiger partial charge on any atom is -0.497 e. The molecule has 9 nitrogen and oxygen atoms in total. The van der Waals surface area contributed by atoms with E-state index >= 15 is 0 Å². The second-order valence-corrected chi connectivity index (χ2v) is 8.28. The first-order valence-electron chi connectivity index (χ1n) is 12.0. The summed E-state index contributed by atoms with van der Waals surface area (Å²) >= 11 is 0. The zero-order chi connectivity index (χ0) is 26.3. The van der Waals surface area contributed by atoms with E-state index in [-0.39, 0.29) is 17.7 Å². The molecule has 0 atom stereocenters. The summed E-state index contributed by atoms with van der Waals surface area (Å²) < 4.78 is 23.3. The standard InChI is InChI=1S/C29H26N4O5/c1-35-24-13-5-20(6-14-24)17-19-38-29-31-27(21-7-15-25(36-2)16-8-21)33(32-29)23-11-9-22(10-12-23)30-28(34)26-4-3-18-37-26/h3-16,18H,17,19H2,1-2H3,(H,30,34). The lowest BCUT2D eigenvalue weighted by Gasteiger charge is -2.08. The second-order valence-electron chi connectivity index (χ2n) is 8.28. The van der Waals surface area contributed by atoms with Gasteiger partial charge in [0.25, 0.3) is 5.91 Å². The first kappa shape index (κ1) is 24.6. The number of carbonyl (C=O) groups excluding carboxylic acids is 1. The van der Waals surface area contributed by atoms with Crippen LogP contribution in [-0.2, 0) is 6.42 Å². The number of anilines is 1. The molecular weight excluding hydrogens is 484 g/mol. The molecule has 0 saturated carbocycles. The molecule has 38 heavy (non-hydrogen) atoms. The van der Waals surface area contributed by atoms with Gasteiger partial charge in [-0.1, -0.05) is 12.1 Å². The Labute approximate surface area is 219 Å². The Balaban J connectivity index is 1.36. The van der Waals surface area contributed by atoms with E-state index in [2.05, 4.69) is 15.4 Å². The predicted molar refractivity (Wildman–Crippen MR) is 142 cm³/mol. The minimum atomic E-state index is -0.324. The van der Waals surface area contributed by atoms with Crippen LogP contribution in [-0.4, -0.2) is 41.5 Å². The Kier molecular flexibility index (Phi) is 7.35. The minimum absolute atomic E-state index is 0.239. The van der Waals surface area contributed by atoms with E-state index in [9.17, 15) is 4.79 Å². The third-order valence-electron chi connectivity index (χ3n) is 5.83. The maximum atomic E-state index is 12.3. The van der Waals surface area contributed by atoms with Crippen LogP contribution in [0, 0.1) is 0 Å². The van der Waals surface area contributed by atoms with E-state index in [4.69, 9.17) is 18.6 Å². The smallest absolute Gasteiger partial charge is 0.336 e. The molecule has 192 valence electrons. The van der Waals surface area contributed by atoms with Gasteiger partial charge in [-0.25, -0.2) is 4.68 Å². The molecule has 9 heteroatoms. The largest absolute Gasteiger partial charge is 0.497 e. The van der Waals surface area contributed by atoms with Crippen molar-refractivity contribution in [3.63, 3.8) is 0 Å². The fourth-order valence-electron chi connectivity index (χ4n) is 3.80. The van der Waals surface area contributed by atoms with Gasteiger partial charge in [0.2, 0.25) is 0 Å². The molecule has 0 radical (unpaired) electrons. The number of carbonyl (C=O) groups is 1. The Morgan fingerprint density at radius 1 is 0.895 bits per heavy atom. The summed E-state index contributed by atoms with van der Waals surface area (Å²) in [7, 11) is 3.27. The first-order valence-corrected chi connectivity index (χ1v) is 12.0. The lowest BCUT2D eigenvalue weighted by Crippen LogP contribution is -2.10. The number of furan rings is 1. The SMILES string of the molecule is COc1ccc(CCOc2nc(-c3ccc(OC)cc3)n(-c3ccc(NC(=O)c4ccco4)cc3)n2)cc1. The molecule has 5 aromatic rings. The molecule has 3 aromatic carbocycles. The lowest BCUT2D eigenvalue weighted by molar-refractivity contribution is 0.0996. The van der Waals surface area contributed by atoms with Crippen molar-refractivity contribution >= 4 is 11.6 Å². The van der Waals surface area contributed by atoms with Crippen molar-refractivity contribution in [3.8, 4) is 34.6 Å². The van der Waals surface area contributed by atoms with Crippen molar-refractivity contribution in [1.82, 2.24) is 14.8 Å². The summed E-state index contributed by atoms with van der Waals surface area (Å²) in [4.78, 5) is 17.0. The van der Waals surface area contributed by atoms with Gasteiger partial charge >= 0.3 is 6.01 Å². The molecule has 0 fully saturated rings. The van der Waals surface area contributed by atoms with Crippen LogP contribution in [0.1, 0.15) is 16.1 Å². The summed E-state index contributed by atoms with van der Waals surface area (Å²) in [6.45, 7) is 0.413. The van der Waals surface area contributed by atoms with Gasteiger partial charge in [-0.05, 0) is 78.4 Å². The highest BCUT2D eigenvalue weighted by Crippen LogP contribution is 2.26. The van der Waals surface area contributed by atoms with Crippen LogP contribution < -0.4 is 19.5 Å². The highest BCUT2D eigenvalue weighted by molar-refractivity contribution is 6.02. The number of nitrogens with one attached hydrogen (secondary N) is 1. The molecule has 0 spiro atoms. The molecule has 0 aliphatic heterocycles. The fourth-order valence-corrected chi connectivity index (χ4v) is 3.80. The number of nitrogens with zero attached hydrogens (tertiary/aromatic N) is 3.